The van der Waals surface area contributed by atoms with Crippen LogP contribution >= 0.6 is 0 Å². The predicted molar refractivity (Wildman–Crippen MR) is 99.0 cm³/mol. The molecule has 138 valence electrons. The monoisotopic (exact) mass is 358 g/mol. The second-order valence-electron chi connectivity index (χ2n) is 6.19. The van der Waals surface area contributed by atoms with Crippen molar-refractivity contribution < 1.29 is 9.53 Å². The standard InChI is InChI=1S/C17H22N6O3/c1-21(2)14-13(11-18-17(20-14)23-7-9-26-10-8-23)19-15(24)12-5-4-6-22(3)16(12)25/h4-6,11H,7-10H2,1-3H3,(H,19,24). The number of aryl methyl sites for hydroxylation is 1. The molecule has 26 heavy (non-hydrogen) atoms. The Morgan fingerprint density at radius 2 is 2.04 bits per heavy atom. The lowest BCUT2D eigenvalue weighted by Crippen LogP contribution is -2.37. The third kappa shape index (κ3) is 3.67. The van der Waals surface area contributed by atoms with Crippen LogP contribution in [-0.2, 0) is 11.8 Å². The van der Waals surface area contributed by atoms with E-state index in [0.29, 0.717) is 30.7 Å². The van der Waals surface area contributed by atoms with E-state index in [2.05, 4.69) is 15.3 Å². The van der Waals surface area contributed by atoms with Crippen molar-refractivity contribution in [3.8, 4) is 0 Å². The van der Waals surface area contributed by atoms with Crippen LogP contribution in [0.25, 0.3) is 0 Å². The van der Waals surface area contributed by atoms with Crippen molar-refractivity contribution in [1.29, 1.82) is 0 Å². The fourth-order valence-corrected chi connectivity index (χ4v) is 2.67. The summed E-state index contributed by atoms with van der Waals surface area (Å²) in [6.45, 7) is 2.71. The van der Waals surface area contributed by atoms with Crippen LogP contribution < -0.4 is 20.7 Å². The summed E-state index contributed by atoms with van der Waals surface area (Å²) in [5, 5.41) is 2.74. The van der Waals surface area contributed by atoms with E-state index in [4.69, 9.17) is 4.74 Å². The Labute approximate surface area is 151 Å². The molecule has 3 heterocycles. The lowest BCUT2D eigenvalue weighted by molar-refractivity contribution is 0.102. The molecule has 1 saturated heterocycles. The molecule has 0 saturated carbocycles. The van der Waals surface area contributed by atoms with Gasteiger partial charge in [0.25, 0.3) is 11.5 Å². The van der Waals surface area contributed by atoms with Gasteiger partial charge < -0.3 is 24.4 Å². The van der Waals surface area contributed by atoms with E-state index in [1.807, 2.05) is 19.0 Å². The number of morpholine rings is 1. The van der Waals surface area contributed by atoms with Crippen molar-refractivity contribution in [3.05, 3.63) is 40.4 Å². The van der Waals surface area contributed by atoms with E-state index in [-0.39, 0.29) is 11.1 Å². The maximum Gasteiger partial charge on any atom is 0.263 e. The molecule has 2 aromatic rings. The number of hydrogen-bond acceptors (Lipinski definition) is 7. The number of hydrogen-bond donors (Lipinski definition) is 1. The molecule has 9 heteroatoms. The number of ether oxygens (including phenoxy) is 1. The van der Waals surface area contributed by atoms with Gasteiger partial charge in [-0.15, -0.1) is 0 Å². The summed E-state index contributed by atoms with van der Waals surface area (Å²) < 4.78 is 6.71. The molecule has 0 spiro atoms. The fourth-order valence-electron chi connectivity index (χ4n) is 2.67. The quantitative estimate of drug-likeness (QED) is 0.842. The Morgan fingerprint density at radius 1 is 1.31 bits per heavy atom. The number of carbonyl (C=O) groups is 1. The van der Waals surface area contributed by atoms with Gasteiger partial charge in [-0.05, 0) is 12.1 Å². The summed E-state index contributed by atoms with van der Waals surface area (Å²) in [5.41, 5.74) is 0.155. The van der Waals surface area contributed by atoms with E-state index < -0.39 is 5.91 Å². The number of nitrogens with one attached hydrogen (secondary N) is 1. The van der Waals surface area contributed by atoms with E-state index in [1.165, 1.54) is 10.6 Å². The molecule has 0 radical (unpaired) electrons. The van der Waals surface area contributed by atoms with Crippen LogP contribution in [-0.4, -0.2) is 60.8 Å². The normalized spacial score (nSPS) is 14.2. The van der Waals surface area contributed by atoms with Gasteiger partial charge in [-0.1, -0.05) is 0 Å². The first kappa shape index (κ1) is 17.9. The molecule has 1 aliphatic heterocycles. The summed E-state index contributed by atoms with van der Waals surface area (Å²) >= 11 is 0. The Bertz CT molecular complexity index is 858. The van der Waals surface area contributed by atoms with E-state index >= 15 is 0 Å². The highest BCUT2D eigenvalue weighted by Gasteiger charge is 2.19. The fraction of sp³-hybridized carbons (Fsp3) is 0.412. The number of nitrogens with zero attached hydrogens (tertiary/aromatic N) is 5. The number of rotatable bonds is 4. The predicted octanol–water partition coefficient (Wildman–Crippen LogP) is 0.330. The van der Waals surface area contributed by atoms with Gasteiger partial charge in [-0.2, -0.15) is 4.98 Å². The molecule has 1 aliphatic rings. The summed E-state index contributed by atoms with van der Waals surface area (Å²) in [5.74, 6) is 0.672. The Kier molecular flexibility index (Phi) is 5.17. The van der Waals surface area contributed by atoms with Crippen LogP contribution in [0.5, 0.6) is 0 Å². The maximum absolute atomic E-state index is 12.5. The Balaban J connectivity index is 1.88. The van der Waals surface area contributed by atoms with Crippen molar-refractivity contribution in [2.45, 2.75) is 0 Å². The lowest BCUT2D eigenvalue weighted by atomic mass is 10.2. The summed E-state index contributed by atoms with van der Waals surface area (Å²) in [6.07, 6.45) is 3.17. The maximum atomic E-state index is 12.5. The highest BCUT2D eigenvalue weighted by Crippen LogP contribution is 2.24. The SMILES string of the molecule is CN(C)c1nc(N2CCOCC2)ncc1NC(=O)c1cccn(C)c1=O. The zero-order chi connectivity index (χ0) is 18.7. The van der Waals surface area contributed by atoms with Crippen LogP contribution in [0.3, 0.4) is 0 Å². The van der Waals surface area contributed by atoms with Crippen LogP contribution in [0.1, 0.15) is 10.4 Å². The van der Waals surface area contributed by atoms with Gasteiger partial charge in [-0.3, -0.25) is 9.59 Å². The van der Waals surface area contributed by atoms with Crippen LogP contribution in [0, 0.1) is 0 Å². The molecule has 0 bridgehead atoms. The van der Waals surface area contributed by atoms with E-state index in [9.17, 15) is 9.59 Å². The molecule has 9 nitrogen and oxygen atoms in total. The zero-order valence-electron chi connectivity index (χ0n) is 15.1. The number of aromatic nitrogens is 3. The van der Waals surface area contributed by atoms with Crippen LogP contribution in [0.4, 0.5) is 17.5 Å². The molecule has 0 aliphatic carbocycles. The molecule has 2 aromatic heterocycles. The number of carbonyl (C=O) groups excluding carboxylic acids is 1. The van der Waals surface area contributed by atoms with Crippen LogP contribution in [0.2, 0.25) is 0 Å². The van der Waals surface area contributed by atoms with Crippen molar-refractivity contribution >= 4 is 23.4 Å². The van der Waals surface area contributed by atoms with E-state index in [1.54, 1.807) is 30.4 Å². The molecule has 1 amide bonds. The van der Waals surface area contributed by atoms with Gasteiger partial charge >= 0.3 is 0 Å². The second-order valence-corrected chi connectivity index (χ2v) is 6.19. The minimum atomic E-state index is -0.489. The minimum absolute atomic E-state index is 0.0666. The average Bonchev–Trinajstić information content (AvgIpc) is 2.64. The average molecular weight is 358 g/mol. The molecule has 0 unspecified atom stereocenters. The summed E-state index contributed by atoms with van der Waals surface area (Å²) in [7, 11) is 5.27. The molecule has 1 N–H and O–H groups in total. The summed E-state index contributed by atoms with van der Waals surface area (Å²) in [6, 6.07) is 3.15. The molecular formula is C17H22N6O3. The van der Waals surface area contributed by atoms with Gasteiger partial charge in [0.1, 0.15) is 11.3 Å². The van der Waals surface area contributed by atoms with Crippen molar-refractivity contribution in [1.82, 2.24) is 14.5 Å². The number of pyridine rings is 1. The Hall–Kier alpha value is -2.94. The smallest absolute Gasteiger partial charge is 0.263 e. The number of amides is 1. The first-order valence-corrected chi connectivity index (χ1v) is 8.31. The summed E-state index contributed by atoms with van der Waals surface area (Å²) in [4.78, 5) is 37.4. The van der Waals surface area contributed by atoms with E-state index in [0.717, 1.165) is 13.1 Å². The highest BCUT2D eigenvalue weighted by molar-refractivity contribution is 6.05. The Morgan fingerprint density at radius 3 is 2.73 bits per heavy atom. The second kappa shape index (κ2) is 7.52. The highest BCUT2D eigenvalue weighted by atomic mass is 16.5. The van der Waals surface area contributed by atoms with Crippen molar-refractivity contribution in [2.24, 2.45) is 7.05 Å². The van der Waals surface area contributed by atoms with Gasteiger partial charge in [0.15, 0.2) is 5.82 Å². The largest absolute Gasteiger partial charge is 0.378 e. The lowest BCUT2D eigenvalue weighted by Gasteiger charge is -2.28. The van der Waals surface area contributed by atoms with Crippen LogP contribution in [0.15, 0.2) is 29.3 Å². The van der Waals surface area contributed by atoms with Gasteiger partial charge in [-0.25, -0.2) is 4.98 Å². The third-order valence-corrected chi connectivity index (χ3v) is 4.09. The van der Waals surface area contributed by atoms with Crippen molar-refractivity contribution in [3.63, 3.8) is 0 Å². The molecule has 3 rings (SSSR count). The zero-order valence-corrected chi connectivity index (χ0v) is 15.1. The van der Waals surface area contributed by atoms with Crippen molar-refractivity contribution in [2.75, 3.05) is 55.5 Å². The van der Waals surface area contributed by atoms with Gasteiger partial charge in [0.05, 0.1) is 19.4 Å². The molecule has 1 fully saturated rings. The molecule has 0 atom stereocenters. The molecule has 0 aromatic carbocycles. The van der Waals surface area contributed by atoms with Gasteiger partial charge in [0.2, 0.25) is 5.95 Å². The minimum Gasteiger partial charge on any atom is -0.378 e. The first-order chi connectivity index (χ1) is 12.5. The molecular weight excluding hydrogens is 336 g/mol. The third-order valence-electron chi connectivity index (χ3n) is 4.09. The number of anilines is 3. The topological polar surface area (TPSA) is 92.6 Å². The van der Waals surface area contributed by atoms with Gasteiger partial charge in [0, 0.05) is 40.4 Å². The first-order valence-electron chi connectivity index (χ1n) is 8.31.